The van der Waals surface area contributed by atoms with Gasteiger partial charge in [-0.05, 0) is 25.2 Å². The Morgan fingerprint density at radius 1 is 1.33 bits per heavy atom. The Morgan fingerprint density at radius 3 is 2.61 bits per heavy atom. The number of amides is 2. The zero-order valence-corrected chi connectivity index (χ0v) is 11.2. The number of unbranched alkanes of at least 4 members (excludes halogenated alkanes) is 1. The second-order valence-corrected chi connectivity index (χ2v) is 5.04. The van der Waals surface area contributed by atoms with Crippen LogP contribution in [0.5, 0.6) is 0 Å². The molecule has 0 saturated heterocycles. The SMILES string of the molecule is CCCC[C@H](NC(=O)NC1CC1CCC)C(=O)O. The molecular weight excluding hydrogens is 232 g/mol. The van der Waals surface area contributed by atoms with Gasteiger partial charge in [0.15, 0.2) is 0 Å². The minimum Gasteiger partial charge on any atom is -0.480 e. The van der Waals surface area contributed by atoms with E-state index in [1.54, 1.807) is 0 Å². The van der Waals surface area contributed by atoms with E-state index in [1.807, 2.05) is 6.92 Å². The van der Waals surface area contributed by atoms with Gasteiger partial charge >= 0.3 is 12.0 Å². The summed E-state index contributed by atoms with van der Waals surface area (Å²) in [7, 11) is 0. The number of carbonyl (C=O) groups excluding carboxylic acids is 1. The molecule has 1 rings (SSSR count). The van der Waals surface area contributed by atoms with Crippen LogP contribution in [-0.2, 0) is 4.79 Å². The van der Waals surface area contributed by atoms with E-state index in [0.717, 1.165) is 32.1 Å². The van der Waals surface area contributed by atoms with Crippen LogP contribution >= 0.6 is 0 Å². The fourth-order valence-corrected chi connectivity index (χ4v) is 2.15. The van der Waals surface area contributed by atoms with Crippen molar-refractivity contribution in [3.63, 3.8) is 0 Å². The summed E-state index contributed by atoms with van der Waals surface area (Å²) in [6.07, 6.45) is 5.49. The summed E-state index contributed by atoms with van der Waals surface area (Å²) in [5.74, 6) is -0.376. The maximum atomic E-state index is 11.6. The van der Waals surface area contributed by atoms with Crippen molar-refractivity contribution in [2.75, 3.05) is 0 Å². The largest absolute Gasteiger partial charge is 0.480 e. The van der Waals surface area contributed by atoms with Gasteiger partial charge in [0.05, 0.1) is 0 Å². The zero-order chi connectivity index (χ0) is 13.5. The lowest BCUT2D eigenvalue weighted by molar-refractivity contribution is -0.139. The van der Waals surface area contributed by atoms with E-state index in [1.165, 1.54) is 0 Å². The van der Waals surface area contributed by atoms with E-state index < -0.39 is 12.0 Å². The Balaban J connectivity index is 2.27. The van der Waals surface area contributed by atoms with Crippen LogP contribution in [0.3, 0.4) is 0 Å². The van der Waals surface area contributed by atoms with Crippen molar-refractivity contribution in [3.05, 3.63) is 0 Å². The third-order valence-electron chi connectivity index (χ3n) is 3.35. The van der Waals surface area contributed by atoms with E-state index in [-0.39, 0.29) is 12.1 Å². The second kappa shape index (κ2) is 7.24. The number of aliphatic carboxylic acids is 1. The second-order valence-electron chi connectivity index (χ2n) is 5.04. The van der Waals surface area contributed by atoms with Gasteiger partial charge in [0.2, 0.25) is 0 Å². The smallest absolute Gasteiger partial charge is 0.326 e. The number of carboxylic acid groups (broad SMARTS) is 1. The minimum atomic E-state index is -0.959. The van der Waals surface area contributed by atoms with Crippen molar-refractivity contribution in [1.29, 1.82) is 0 Å². The molecule has 0 heterocycles. The van der Waals surface area contributed by atoms with Gasteiger partial charge in [0, 0.05) is 6.04 Å². The lowest BCUT2D eigenvalue weighted by Crippen LogP contribution is -2.46. The first kappa shape index (κ1) is 14.8. The molecule has 1 saturated carbocycles. The van der Waals surface area contributed by atoms with Gasteiger partial charge in [-0.25, -0.2) is 9.59 Å². The molecule has 18 heavy (non-hydrogen) atoms. The number of carboxylic acids is 1. The van der Waals surface area contributed by atoms with E-state index in [0.29, 0.717) is 12.3 Å². The van der Waals surface area contributed by atoms with Crippen molar-refractivity contribution in [2.24, 2.45) is 5.92 Å². The summed E-state index contributed by atoms with van der Waals surface area (Å²) >= 11 is 0. The Bertz CT molecular complexity index is 294. The summed E-state index contributed by atoms with van der Waals surface area (Å²) in [6, 6.07) is -0.874. The van der Waals surface area contributed by atoms with Crippen molar-refractivity contribution >= 4 is 12.0 Å². The molecule has 3 atom stereocenters. The van der Waals surface area contributed by atoms with Gasteiger partial charge < -0.3 is 15.7 Å². The Hall–Kier alpha value is -1.26. The van der Waals surface area contributed by atoms with Crippen LogP contribution in [0.1, 0.15) is 52.4 Å². The number of carbonyl (C=O) groups is 2. The van der Waals surface area contributed by atoms with Crippen LogP contribution in [0.2, 0.25) is 0 Å². The first-order valence-corrected chi connectivity index (χ1v) is 6.88. The third kappa shape index (κ3) is 4.94. The summed E-state index contributed by atoms with van der Waals surface area (Å²) in [4.78, 5) is 22.6. The molecule has 0 aliphatic heterocycles. The molecule has 0 aromatic rings. The molecule has 0 bridgehead atoms. The van der Waals surface area contributed by atoms with E-state index >= 15 is 0 Å². The number of urea groups is 1. The van der Waals surface area contributed by atoms with Crippen LogP contribution < -0.4 is 10.6 Å². The Labute approximate surface area is 108 Å². The molecule has 1 aliphatic rings. The average molecular weight is 256 g/mol. The molecule has 104 valence electrons. The first-order chi connectivity index (χ1) is 8.58. The van der Waals surface area contributed by atoms with Crippen molar-refractivity contribution < 1.29 is 14.7 Å². The molecule has 0 aromatic carbocycles. The quantitative estimate of drug-likeness (QED) is 0.622. The van der Waals surface area contributed by atoms with Crippen LogP contribution in [0.15, 0.2) is 0 Å². The molecule has 5 nitrogen and oxygen atoms in total. The average Bonchev–Trinajstić information content (AvgIpc) is 3.02. The molecule has 1 aliphatic carbocycles. The van der Waals surface area contributed by atoms with E-state index in [9.17, 15) is 9.59 Å². The molecule has 0 aromatic heterocycles. The van der Waals surface area contributed by atoms with Crippen molar-refractivity contribution in [2.45, 2.75) is 64.5 Å². The normalized spacial score (nSPS) is 23.2. The Morgan fingerprint density at radius 2 is 2.06 bits per heavy atom. The van der Waals surface area contributed by atoms with Gasteiger partial charge in [-0.2, -0.15) is 0 Å². The molecule has 2 unspecified atom stereocenters. The highest BCUT2D eigenvalue weighted by molar-refractivity contribution is 5.82. The monoisotopic (exact) mass is 256 g/mol. The summed E-state index contributed by atoms with van der Waals surface area (Å²) in [5.41, 5.74) is 0. The maximum absolute atomic E-state index is 11.6. The van der Waals surface area contributed by atoms with E-state index in [2.05, 4.69) is 17.6 Å². The fraction of sp³-hybridized carbons (Fsp3) is 0.846. The number of rotatable bonds is 8. The summed E-state index contributed by atoms with van der Waals surface area (Å²) < 4.78 is 0. The highest BCUT2D eigenvalue weighted by Crippen LogP contribution is 2.34. The highest BCUT2D eigenvalue weighted by Gasteiger charge is 2.37. The minimum absolute atomic E-state index is 0.241. The van der Waals surface area contributed by atoms with Gasteiger partial charge in [-0.3, -0.25) is 0 Å². The lowest BCUT2D eigenvalue weighted by Gasteiger charge is -2.14. The highest BCUT2D eigenvalue weighted by atomic mass is 16.4. The van der Waals surface area contributed by atoms with Crippen molar-refractivity contribution in [1.82, 2.24) is 10.6 Å². The van der Waals surface area contributed by atoms with Gasteiger partial charge in [0.1, 0.15) is 6.04 Å². The predicted octanol–water partition coefficient (Wildman–Crippen LogP) is 2.12. The van der Waals surface area contributed by atoms with Crippen LogP contribution in [0.25, 0.3) is 0 Å². The topological polar surface area (TPSA) is 78.4 Å². The molecule has 0 spiro atoms. The third-order valence-corrected chi connectivity index (χ3v) is 3.35. The fourth-order valence-electron chi connectivity index (χ4n) is 2.15. The predicted molar refractivity (Wildman–Crippen MR) is 69.4 cm³/mol. The standard InChI is InChI=1S/C13H24N2O3/c1-3-5-7-10(12(16)17)14-13(18)15-11-8-9(11)6-4-2/h9-11H,3-8H2,1-2H3,(H,16,17)(H2,14,15,18)/t9?,10-,11?/m0/s1. The van der Waals surface area contributed by atoms with Crippen LogP contribution in [0.4, 0.5) is 4.79 Å². The van der Waals surface area contributed by atoms with Crippen molar-refractivity contribution in [3.8, 4) is 0 Å². The number of hydrogen-bond acceptors (Lipinski definition) is 2. The molecule has 5 heteroatoms. The molecule has 3 N–H and O–H groups in total. The number of hydrogen-bond donors (Lipinski definition) is 3. The van der Waals surface area contributed by atoms with Crippen LogP contribution in [0, 0.1) is 5.92 Å². The summed E-state index contributed by atoms with van der Waals surface area (Å²) in [6.45, 7) is 4.12. The lowest BCUT2D eigenvalue weighted by atomic mass is 10.1. The number of nitrogens with one attached hydrogen (secondary N) is 2. The maximum Gasteiger partial charge on any atom is 0.326 e. The van der Waals surface area contributed by atoms with Gasteiger partial charge in [-0.1, -0.05) is 33.1 Å². The van der Waals surface area contributed by atoms with E-state index in [4.69, 9.17) is 5.11 Å². The molecule has 0 radical (unpaired) electrons. The summed E-state index contributed by atoms with van der Waals surface area (Å²) in [5, 5.41) is 14.4. The molecular formula is C13H24N2O3. The first-order valence-electron chi connectivity index (χ1n) is 6.88. The molecule has 1 fully saturated rings. The van der Waals surface area contributed by atoms with Crippen LogP contribution in [-0.4, -0.2) is 29.2 Å². The zero-order valence-electron chi connectivity index (χ0n) is 11.2. The van der Waals surface area contributed by atoms with Gasteiger partial charge in [0.25, 0.3) is 0 Å². The van der Waals surface area contributed by atoms with Gasteiger partial charge in [-0.15, -0.1) is 0 Å². The Kier molecular flexibility index (Phi) is 5.95. The molecule has 2 amide bonds.